The van der Waals surface area contributed by atoms with E-state index < -0.39 is 24.1 Å². The third kappa shape index (κ3) is 13.0. The van der Waals surface area contributed by atoms with Crippen LogP contribution in [0.5, 0.6) is 0 Å². The van der Waals surface area contributed by atoms with Crippen LogP contribution in [-0.4, -0.2) is 114 Å². The van der Waals surface area contributed by atoms with E-state index in [0.717, 1.165) is 29.7 Å². The SMILES string of the molecule is CCC(=O)N(C)[C@H](C(=O)C[C@H](C(=O)N(C)[C@@H]([C@@H](C)CC)[C@@H](CC(=O)N1CCC[C@H]1[C@H](OC)[C@@H](C)C(=S)C[C@@H](Cc1ccccc1)C(C)=O)OC)C(C)C)C(C)C. The molecule has 11 heteroatoms. The highest BCUT2D eigenvalue weighted by atomic mass is 32.1. The molecule has 1 saturated heterocycles. The molecule has 0 bridgehead atoms. The van der Waals surface area contributed by atoms with E-state index in [2.05, 4.69) is 13.8 Å². The Hall–Kier alpha value is -3.02. The van der Waals surface area contributed by atoms with Crippen molar-refractivity contribution in [1.82, 2.24) is 14.7 Å². The average molecular weight is 800 g/mol. The molecular formula is C45H73N3O7S. The Labute approximate surface area is 343 Å². The van der Waals surface area contributed by atoms with E-state index in [1.54, 1.807) is 47.1 Å². The van der Waals surface area contributed by atoms with E-state index in [9.17, 15) is 24.0 Å². The van der Waals surface area contributed by atoms with Crippen LogP contribution in [0, 0.1) is 35.5 Å². The van der Waals surface area contributed by atoms with Crippen LogP contribution in [-0.2, 0) is 39.9 Å². The quantitative estimate of drug-likeness (QED) is 0.101. The van der Waals surface area contributed by atoms with E-state index in [1.165, 1.54) is 4.90 Å². The number of nitrogens with zero attached hydrogens (tertiary/aromatic N) is 3. The Morgan fingerprint density at radius 2 is 1.50 bits per heavy atom. The van der Waals surface area contributed by atoms with Crippen molar-refractivity contribution in [1.29, 1.82) is 0 Å². The van der Waals surface area contributed by atoms with Gasteiger partial charge < -0.3 is 24.2 Å². The standard InChI is InChI=1S/C45H73N3O7S/c1-14-30(7)43(47(11)45(53)35(28(3)4)26-37(50)42(29(5)6)46(10)40(51)15-2)38(54-12)27-41(52)48-23-19-22-36(48)44(55-13)31(8)39(56)25-34(32(9)49)24-33-20-17-16-18-21-33/h16-18,20-21,28-31,34-36,38,42-44H,14-15,19,22-27H2,1-13H3/t30-,31-,34+,35-,36-,38+,42-,43-,44+/m0/s1. The topological polar surface area (TPSA) is 114 Å². The molecule has 1 aliphatic heterocycles. The minimum atomic E-state index is -0.622. The summed E-state index contributed by atoms with van der Waals surface area (Å²) in [6, 6.07) is 8.71. The molecule has 0 spiro atoms. The first-order valence-corrected chi connectivity index (χ1v) is 21.2. The highest BCUT2D eigenvalue weighted by Crippen LogP contribution is 2.32. The molecule has 0 unspecified atom stereocenters. The number of carbonyl (C=O) groups excluding carboxylic acids is 5. The van der Waals surface area contributed by atoms with Crippen molar-refractivity contribution in [2.45, 2.75) is 144 Å². The lowest BCUT2D eigenvalue weighted by Crippen LogP contribution is -2.54. The van der Waals surface area contributed by atoms with E-state index in [4.69, 9.17) is 21.7 Å². The number of ketones is 2. The van der Waals surface area contributed by atoms with Crippen molar-refractivity contribution in [2.75, 3.05) is 34.9 Å². The van der Waals surface area contributed by atoms with Crippen molar-refractivity contribution in [3.63, 3.8) is 0 Å². The number of rotatable bonds is 24. The molecule has 0 radical (unpaired) electrons. The first-order chi connectivity index (χ1) is 26.4. The number of Topliss-reactive ketones (excluding diaryl/α,β-unsaturated/α-hetero) is 2. The smallest absolute Gasteiger partial charge is 0.226 e. The number of likely N-dealkylation sites (tertiary alicyclic amines) is 1. The van der Waals surface area contributed by atoms with Gasteiger partial charge in [-0.25, -0.2) is 0 Å². The number of carbonyl (C=O) groups is 5. The molecule has 3 amide bonds. The van der Waals surface area contributed by atoms with E-state index in [-0.39, 0.29) is 83.9 Å². The fraction of sp³-hybridized carbons (Fsp3) is 0.733. The van der Waals surface area contributed by atoms with Gasteiger partial charge in [0.2, 0.25) is 17.7 Å². The zero-order valence-corrected chi connectivity index (χ0v) is 37.5. The Morgan fingerprint density at radius 3 is 2.00 bits per heavy atom. The van der Waals surface area contributed by atoms with Crippen molar-refractivity contribution < 1.29 is 33.4 Å². The Morgan fingerprint density at radius 1 is 0.875 bits per heavy atom. The predicted octanol–water partition coefficient (Wildman–Crippen LogP) is 7.24. The maximum atomic E-state index is 14.4. The zero-order chi connectivity index (χ0) is 42.4. The van der Waals surface area contributed by atoms with Crippen LogP contribution < -0.4 is 0 Å². The molecule has 9 atom stereocenters. The summed E-state index contributed by atoms with van der Waals surface area (Å²) >= 11 is 5.98. The van der Waals surface area contributed by atoms with Crippen LogP contribution in [0.4, 0.5) is 0 Å². The maximum Gasteiger partial charge on any atom is 0.226 e. The van der Waals surface area contributed by atoms with E-state index in [1.807, 2.05) is 69.9 Å². The van der Waals surface area contributed by atoms with Gasteiger partial charge in [-0.15, -0.1) is 0 Å². The first kappa shape index (κ1) is 49.1. The lowest BCUT2D eigenvalue weighted by Gasteiger charge is -2.41. The fourth-order valence-corrected chi connectivity index (χ4v) is 9.01. The zero-order valence-electron chi connectivity index (χ0n) is 36.7. The van der Waals surface area contributed by atoms with E-state index >= 15 is 0 Å². The van der Waals surface area contributed by atoms with Crippen LogP contribution >= 0.6 is 12.2 Å². The van der Waals surface area contributed by atoms with Gasteiger partial charge in [-0.1, -0.05) is 104 Å². The van der Waals surface area contributed by atoms with Crippen LogP contribution in [0.1, 0.15) is 113 Å². The molecule has 316 valence electrons. The second kappa shape index (κ2) is 23.4. The van der Waals surface area contributed by atoms with Gasteiger partial charge in [0.15, 0.2) is 5.78 Å². The second-order valence-corrected chi connectivity index (χ2v) is 17.3. The monoisotopic (exact) mass is 800 g/mol. The molecule has 1 aromatic rings. The lowest BCUT2D eigenvalue weighted by molar-refractivity contribution is -0.149. The van der Waals surface area contributed by atoms with Gasteiger partial charge in [0.25, 0.3) is 0 Å². The summed E-state index contributed by atoms with van der Waals surface area (Å²) in [5, 5.41) is 0. The van der Waals surface area contributed by atoms with Crippen molar-refractivity contribution >= 4 is 46.4 Å². The summed E-state index contributed by atoms with van der Waals surface area (Å²) in [6.07, 6.45) is 2.87. The number of hydrogen-bond acceptors (Lipinski definition) is 8. The average Bonchev–Trinajstić information content (AvgIpc) is 3.65. The molecule has 0 N–H and O–H groups in total. The summed E-state index contributed by atoms with van der Waals surface area (Å²) in [6.45, 7) is 17.9. The van der Waals surface area contributed by atoms with Crippen molar-refractivity contribution in [3.05, 3.63) is 35.9 Å². The number of thiocarbonyl (C=S) groups is 1. The molecule has 1 heterocycles. The number of amides is 3. The normalized spacial score (nSPS) is 18.8. The second-order valence-electron chi connectivity index (χ2n) is 16.8. The molecule has 0 aliphatic carbocycles. The summed E-state index contributed by atoms with van der Waals surface area (Å²) in [5.41, 5.74) is 1.09. The van der Waals surface area contributed by atoms with Crippen LogP contribution in [0.25, 0.3) is 0 Å². The van der Waals surface area contributed by atoms with E-state index in [0.29, 0.717) is 25.8 Å². The van der Waals surface area contributed by atoms with Crippen LogP contribution in [0.3, 0.4) is 0 Å². The molecular weight excluding hydrogens is 727 g/mol. The fourth-order valence-electron chi connectivity index (χ4n) is 8.67. The largest absolute Gasteiger partial charge is 0.379 e. The van der Waals surface area contributed by atoms with Gasteiger partial charge in [0.05, 0.1) is 36.8 Å². The number of hydrogen-bond donors (Lipinski definition) is 0. The Bertz CT molecular complexity index is 1450. The minimum absolute atomic E-state index is 0.00876. The van der Waals surface area contributed by atoms with Crippen molar-refractivity contribution in [2.24, 2.45) is 35.5 Å². The number of benzene rings is 1. The van der Waals surface area contributed by atoms with Gasteiger partial charge in [0, 0.05) is 65.5 Å². The molecule has 1 aliphatic rings. The van der Waals surface area contributed by atoms with Crippen molar-refractivity contribution in [3.8, 4) is 0 Å². The molecule has 2 rings (SSSR count). The number of likely N-dealkylation sites (N-methyl/N-ethyl adjacent to an activating group) is 2. The summed E-state index contributed by atoms with van der Waals surface area (Å²) in [5.74, 6) is -1.65. The van der Waals surface area contributed by atoms with Gasteiger partial charge in [0.1, 0.15) is 5.78 Å². The Balaban J connectivity index is 2.29. The number of methoxy groups -OCH3 is 2. The Kier molecular flexibility index (Phi) is 20.5. The van der Waals surface area contributed by atoms with Gasteiger partial charge in [-0.2, -0.15) is 0 Å². The number of ether oxygens (including phenoxy) is 2. The predicted molar refractivity (Wildman–Crippen MR) is 227 cm³/mol. The minimum Gasteiger partial charge on any atom is -0.379 e. The lowest BCUT2D eigenvalue weighted by atomic mass is 9.83. The van der Waals surface area contributed by atoms with Crippen LogP contribution in [0.2, 0.25) is 0 Å². The first-order valence-electron chi connectivity index (χ1n) is 20.8. The summed E-state index contributed by atoms with van der Waals surface area (Å²) in [7, 11) is 6.67. The molecule has 0 saturated carbocycles. The highest BCUT2D eigenvalue weighted by Gasteiger charge is 2.43. The van der Waals surface area contributed by atoms with Gasteiger partial charge in [-0.05, 0) is 60.8 Å². The molecule has 56 heavy (non-hydrogen) atoms. The maximum absolute atomic E-state index is 14.4. The summed E-state index contributed by atoms with van der Waals surface area (Å²) in [4.78, 5) is 73.8. The molecule has 1 fully saturated rings. The molecule has 1 aromatic carbocycles. The van der Waals surface area contributed by atoms with Crippen LogP contribution in [0.15, 0.2) is 30.3 Å². The third-order valence-corrected chi connectivity index (χ3v) is 12.9. The summed E-state index contributed by atoms with van der Waals surface area (Å²) < 4.78 is 12.2. The van der Waals surface area contributed by atoms with Gasteiger partial charge in [-0.3, -0.25) is 24.0 Å². The molecule has 0 aromatic heterocycles. The molecule has 10 nitrogen and oxygen atoms in total. The van der Waals surface area contributed by atoms with Gasteiger partial charge >= 0.3 is 0 Å². The third-order valence-electron chi connectivity index (χ3n) is 12.3. The highest BCUT2D eigenvalue weighted by molar-refractivity contribution is 7.80.